The van der Waals surface area contributed by atoms with Crippen molar-refractivity contribution in [1.82, 2.24) is 0 Å². The van der Waals surface area contributed by atoms with Crippen LogP contribution in [0.15, 0.2) is 42.6 Å². The first-order valence-corrected chi connectivity index (χ1v) is 5.57. The smallest absolute Gasteiger partial charge is 0.308 e. The molecule has 0 aliphatic rings. The van der Waals surface area contributed by atoms with Gasteiger partial charge in [0.1, 0.15) is 5.75 Å². The van der Waals surface area contributed by atoms with E-state index < -0.39 is 0 Å². The molecule has 1 aromatic heterocycles. The summed E-state index contributed by atoms with van der Waals surface area (Å²) in [6.07, 6.45) is 1.56. The molecule has 0 fully saturated rings. The number of pyridine rings is 1. The summed E-state index contributed by atoms with van der Waals surface area (Å²) in [6.45, 7) is 3.26. The largest absolute Gasteiger partial charge is 0.427 e. The molecule has 4 heteroatoms. The van der Waals surface area contributed by atoms with Gasteiger partial charge >= 0.3 is 5.97 Å². The summed E-state index contributed by atoms with van der Waals surface area (Å²) in [7, 11) is 0. The van der Waals surface area contributed by atoms with Crippen LogP contribution in [0.2, 0.25) is 0 Å². The predicted molar refractivity (Wildman–Crippen MR) is 65.3 cm³/mol. The van der Waals surface area contributed by atoms with Crippen LogP contribution in [0.3, 0.4) is 0 Å². The lowest BCUT2D eigenvalue weighted by Crippen LogP contribution is -2.32. The third-order valence-corrected chi connectivity index (χ3v) is 2.55. The Balaban J connectivity index is 2.48. The first kappa shape index (κ1) is 12.1. The number of benzene rings is 1. The quantitative estimate of drug-likeness (QED) is 0.381. The molecule has 0 radical (unpaired) electrons. The van der Waals surface area contributed by atoms with Crippen LogP contribution in [0.5, 0.6) is 5.75 Å². The van der Waals surface area contributed by atoms with Gasteiger partial charge in [-0.1, -0.05) is 6.07 Å². The van der Waals surface area contributed by atoms with Crippen LogP contribution in [-0.4, -0.2) is 11.2 Å². The molecule has 0 unspecified atom stereocenters. The van der Waals surface area contributed by atoms with Crippen LogP contribution in [0.1, 0.15) is 12.5 Å². The first-order valence-electron chi connectivity index (χ1n) is 5.57. The summed E-state index contributed by atoms with van der Waals surface area (Å²) in [5.74, 6) is 0.0945. The number of hydrogen-bond acceptors (Lipinski definition) is 3. The molecular formula is C14H14NO3+. The Bertz CT molecular complexity index is 573. The Hall–Kier alpha value is -2.36. The fraction of sp³-hybridized carbons (Fsp3) is 0.143. The van der Waals surface area contributed by atoms with Crippen molar-refractivity contribution in [3.05, 3.63) is 48.2 Å². The Morgan fingerprint density at radius 1 is 1.28 bits per heavy atom. The van der Waals surface area contributed by atoms with Crippen LogP contribution in [0.4, 0.5) is 0 Å². The Labute approximate surface area is 105 Å². The van der Waals surface area contributed by atoms with Crippen LogP contribution < -0.4 is 9.47 Å². The predicted octanol–water partition coefficient (Wildman–Crippen LogP) is 2.11. The molecule has 4 nitrogen and oxygen atoms in total. The van der Waals surface area contributed by atoms with E-state index in [4.69, 9.17) is 4.74 Å². The molecule has 0 spiro atoms. The molecule has 92 valence electrons. The Morgan fingerprint density at radius 3 is 2.72 bits per heavy atom. The molecule has 18 heavy (non-hydrogen) atoms. The van der Waals surface area contributed by atoms with Crippen LogP contribution >= 0.6 is 0 Å². The highest BCUT2D eigenvalue weighted by Gasteiger charge is 2.16. The Kier molecular flexibility index (Phi) is 3.28. The van der Waals surface area contributed by atoms with Gasteiger partial charge < -0.3 is 4.74 Å². The third kappa shape index (κ3) is 2.48. The highest BCUT2D eigenvalue weighted by molar-refractivity contribution is 5.70. The molecule has 0 saturated heterocycles. The first-order chi connectivity index (χ1) is 8.58. The van der Waals surface area contributed by atoms with E-state index in [1.165, 1.54) is 6.92 Å². The van der Waals surface area contributed by atoms with Gasteiger partial charge in [-0.05, 0) is 31.2 Å². The molecule has 0 bridgehead atoms. The minimum absolute atomic E-state index is 0.367. The second-order valence-corrected chi connectivity index (χ2v) is 4.01. The molecule has 1 heterocycles. The average molecular weight is 244 g/mol. The molecule has 2 rings (SSSR count). The van der Waals surface area contributed by atoms with E-state index in [1.807, 2.05) is 19.1 Å². The fourth-order valence-corrected chi connectivity index (χ4v) is 1.84. The molecule has 0 aliphatic heterocycles. The van der Waals surface area contributed by atoms with Gasteiger partial charge in [-0.3, -0.25) is 10.0 Å². The van der Waals surface area contributed by atoms with E-state index in [2.05, 4.69) is 0 Å². The minimum Gasteiger partial charge on any atom is -0.427 e. The molecular weight excluding hydrogens is 230 g/mol. The third-order valence-electron chi connectivity index (χ3n) is 2.55. The number of esters is 1. The second kappa shape index (κ2) is 4.87. The van der Waals surface area contributed by atoms with E-state index >= 15 is 0 Å². The summed E-state index contributed by atoms with van der Waals surface area (Å²) in [5.41, 5.74) is 2.39. The van der Waals surface area contributed by atoms with Crippen LogP contribution in [0, 0.1) is 6.92 Å². The van der Waals surface area contributed by atoms with Gasteiger partial charge in [0.2, 0.25) is 6.20 Å². The second-order valence-electron chi connectivity index (χ2n) is 4.01. The molecule has 1 aromatic carbocycles. The summed E-state index contributed by atoms with van der Waals surface area (Å²) < 4.78 is 6.08. The number of carbonyl (C=O) groups is 1. The molecule has 1 N–H and O–H groups in total. The van der Waals surface area contributed by atoms with Crippen molar-refractivity contribution in [2.45, 2.75) is 13.8 Å². The maximum atomic E-state index is 10.9. The number of nitrogens with zero attached hydrogens (tertiary/aromatic N) is 1. The van der Waals surface area contributed by atoms with E-state index in [-0.39, 0.29) is 5.97 Å². The van der Waals surface area contributed by atoms with Crippen molar-refractivity contribution < 1.29 is 19.5 Å². The molecule has 0 aliphatic carbocycles. The van der Waals surface area contributed by atoms with E-state index in [9.17, 15) is 10.0 Å². The van der Waals surface area contributed by atoms with E-state index in [0.717, 1.165) is 15.9 Å². The summed E-state index contributed by atoms with van der Waals surface area (Å²) in [6, 6.07) is 10.7. The summed E-state index contributed by atoms with van der Waals surface area (Å²) >= 11 is 0. The standard InChI is InChI=1S/C14H14NO3/c1-10-5-4-8-15(17)14(10)12-6-3-7-13(9-12)18-11(2)16/h3-9,17H,1-2H3/q+1. The zero-order valence-corrected chi connectivity index (χ0v) is 10.3. The maximum Gasteiger partial charge on any atom is 0.308 e. The lowest BCUT2D eigenvalue weighted by molar-refractivity contribution is -0.896. The van der Waals surface area contributed by atoms with E-state index in [1.54, 1.807) is 30.5 Å². The topological polar surface area (TPSA) is 50.4 Å². The highest BCUT2D eigenvalue weighted by atomic mass is 16.5. The van der Waals surface area contributed by atoms with Crippen molar-refractivity contribution in [3.63, 3.8) is 0 Å². The SMILES string of the molecule is CC(=O)Oc1cccc(-c2c(C)ccc[n+]2O)c1. The number of aryl methyl sites for hydroxylation is 1. The number of rotatable bonds is 2. The lowest BCUT2D eigenvalue weighted by Gasteiger charge is -2.04. The van der Waals surface area contributed by atoms with Gasteiger partial charge in [0.15, 0.2) is 0 Å². The minimum atomic E-state index is -0.367. The summed E-state index contributed by atoms with van der Waals surface area (Å²) in [5, 5.41) is 9.83. The molecule has 0 amide bonds. The number of hydrogen-bond donors (Lipinski definition) is 1. The van der Waals surface area contributed by atoms with Gasteiger partial charge in [-0.15, -0.1) is 0 Å². The zero-order chi connectivity index (χ0) is 13.1. The molecule has 0 saturated carbocycles. The van der Waals surface area contributed by atoms with Gasteiger partial charge in [0.25, 0.3) is 5.69 Å². The van der Waals surface area contributed by atoms with Crippen molar-refractivity contribution in [3.8, 4) is 17.0 Å². The highest BCUT2D eigenvalue weighted by Crippen LogP contribution is 2.23. The maximum absolute atomic E-state index is 10.9. The molecule has 2 aromatic rings. The fourth-order valence-electron chi connectivity index (χ4n) is 1.84. The van der Waals surface area contributed by atoms with Crippen molar-refractivity contribution in [1.29, 1.82) is 0 Å². The lowest BCUT2D eigenvalue weighted by atomic mass is 10.1. The Morgan fingerprint density at radius 2 is 2.06 bits per heavy atom. The summed E-state index contributed by atoms with van der Waals surface area (Å²) in [4.78, 5) is 10.9. The number of ether oxygens (including phenoxy) is 1. The van der Waals surface area contributed by atoms with Gasteiger partial charge in [0, 0.05) is 23.3 Å². The van der Waals surface area contributed by atoms with Gasteiger partial charge in [-0.2, -0.15) is 0 Å². The monoisotopic (exact) mass is 244 g/mol. The van der Waals surface area contributed by atoms with Gasteiger partial charge in [-0.25, -0.2) is 0 Å². The normalized spacial score (nSPS) is 10.1. The van der Waals surface area contributed by atoms with Gasteiger partial charge in [0.05, 0.1) is 5.56 Å². The zero-order valence-electron chi connectivity index (χ0n) is 10.3. The average Bonchev–Trinajstić information content (AvgIpc) is 2.28. The van der Waals surface area contributed by atoms with Crippen molar-refractivity contribution in [2.75, 3.05) is 0 Å². The number of carbonyl (C=O) groups excluding carboxylic acids is 1. The van der Waals surface area contributed by atoms with Crippen molar-refractivity contribution >= 4 is 5.97 Å². The van der Waals surface area contributed by atoms with E-state index in [0.29, 0.717) is 11.4 Å². The van der Waals surface area contributed by atoms with Crippen LogP contribution in [-0.2, 0) is 4.79 Å². The van der Waals surface area contributed by atoms with Crippen molar-refractivity contribution in [2.24, 2.45) is 0 Å². The molecule has 0 atom stereocenters. The number of aromatic nitrogens is 1. The van der Waals surface area contributed by atoms with Crippen LogP contribution in [0.25, 0.3) is 11.3 Å².